The number of fused-ring (bicyclic) bond motifs is 10. The summed E-state index contributed by atoms with van der Waals surface area (Å²) in [6.45, 7) is 0. The van der Waals surface area contributed by atoms with E-state index < -0.39 is 0 Å². The second kappa shape index (κ2) is 14.2. The molecule has 0 spiro atoms. The maximum atomic E-state index is 14.4. The Labute approximate surface area is 365 Å². The SMILES string of the molecule is Fc1ccc(-c2cc(-n3c4ccccc4c4ccc5c6ccccc6n(-c6nc(-c7ccccc7)nc(-c7cccc(-c8ccccc8)c7)n6)c5c43)cc3c2oc2ccccc23)cc1. The summed E-state index contributed by atoms with van der Waals surface area (Å²) in [6.07, 6.45) is 0. The molecule has 7 heteroatoms. The van der Waals surface area contributed by atoms with E-state index in [1.54, 1.807) is 0 Å². The molecule has 13 rings (SSSR count). The molecule has 0 unspecified atom stereocenters. The molecule has 300 valence electrons. The Hall–Kier alpha value is -8.68. The molecule has 0 N–H and O–H groups in total. The van der Waals surface area contributed by atoms with E-state index in [2.05, 4.69) is 137 Å². The van der Waals surface area contributed by atoms with Crippen molar-refractivity contribution >= 4 is 65.6 Å². The summed E-state index contributed by atoms with van der Waals surface area (Å²) in [4.78, 5) is 15.9. The molecule has 0 fully saturated rings. The molecule has 0 radical (unpaired) electrons. The Morgan fingerprint density at radius 1 is 0.375 bits per heavy atom. The standard InChI is InChI=1S/C57H34FN5O/c58-40-28-26-36(27-29-40)47-33-41(34-48-44-22-9-12-25-51(44)64-54(47)48)62-49-23-10-7-20-42(49)45-30-31-46-43-21-8-11-24-50(43)63(53(46)52(45)62)57-60-55(37-16-5-2-6-17-37)59-56(61-57)39-19-13-18-38(32-39)35-14-3-1-4-15-35/h1-34H. The molecule has 64 heavy (non-hydrogen) atoms. The van der Waals surface area contributed by atoms with E-state index in [-0.39, 0.29) is 5.82 Å². The van der Waals surface area contributed by atoms with Crippen LogP contribution in [0.2, 0.25) is 0 Å². The van der Waals surface area contributed by atoms with Crippen LogP contribution in [-0.4, -0.2) is 24.1 Å². The van der Waals surface area contributed by atoms with Gasteiger partial charge in [-0.3, -0.25) is 4.57 Å². The zero-order valence-electron chi connectivity index (χ0n) is 34.2. The van der Waals surface area contributed by atoms with Gasteiger partial charge in [0, 0.05) is 54.7 Å². The molecule has 0 aliphatic carbocycles. The Morgan fingerprint density at radius 2 is 0.938 bits per heavy atom. The molecule has 0 amide bonds. The average Bonchev–Trinajstić information content (AvgIpc) is 4.02. The highest BCUT2D eigenvalue weighted by Crippen LogP contribution is 2.44. The van der Waals surface area contributed by atoms with E-state index in [0.29, 0.717) is 17.6 Å². The lowest BCUT2D eigenvalue weighted by molar-refractivity contribution is 0.628. The van der Waals surface area contributed by atoms with Gasteiger partial charge in [0.1, 0.15) is 17.0 Å². The van der Waals surface area contributed by atoms with Crippen molar-refractivity contribution in [3.05, 3.63) is 212 Å². The third-order valence-electron chi connectivity index (χ3n) is 12.4. The number of hydrogen-bond acceptors (Lipinski definition) is 4. The number of hydrogen-bond donors (Lipinski definition) is 0. The third-order valence-corrected chi connectivity index (χ3v) is 12.4. The van der Waals surface area contributed by atoms with Crippen molar-refractivity contribution in [1.82, 2.24) is 24.1 Å². The van der Waals surface area contributed by atoms with Gasteiger partial charge in [-0.05, 0) is 65.2 Å². The van der Waals surface area contributed by atoms with Crippen LogP contribution < -0.4 is 0 Å². The van der Waals surface area contributed by atoms with Crippen LogP contribution in [0.15, 0.2) is 211 Å². The highest BCUT2D eigenvalue weighted by atomic mass is 19.1. The quantitative estimate of drug-likeness (QED) is 0.168. The Morgan fingerprint density at radius 3 is 1.66 bits per heavy atom. The third kappa shape index (κ3) is 5.61. The van der Waals surface area contributed by atoms with Crippen molar-refractivity contribution in [2.75, 3.05) is 0 Å². The van der Waals surface area contributed by atoms with Crippen LogP contribution in [0.25, 0.3) is 122 Å². The van der Waals surface area contributed by atoms with Crippen LogP contribution in [0.1, 0.15) is 0 Å². The molecule has 4 heterocycles. The van der Waals surface area contributed by atoms with E-state index in [4.69, 9.17) is 19.4 Å². The Bertz CT molecular complexity index is 3960. The fraction of sp³-hybridized carbons (Fsp3) is 0. The van der Waals surface area contributed by atoms with E-state index in [0.717, 1.165) is 105 Å². The maximum Gasteiger partial charge on any atom is 0.238 e. The van der Waals surface area contributed by atoms with E-state index in [9.17, 15) is 4.39 Å². The first-order valence-electron chi connectivity index (χ1n) is 21.3. The van der Waals surface area contributed by atoms with Crippen molar-refractivity contribution in [2.45, 2.75) is 0 Å². The molecule has 13 aromatic rings. The summed E-state index contributed by atoms with van der Waals surface area (Å²) in [7, 11) is 0. The minimum Gasteiger partial charge on any atom is -0.455 e. The summed E-state index contributed by atoms with van der Waals surface area (Å²) < 4.78 is 25.6. The fourth-order valence-electron chi connectivity index (χ4n) is 9.54. The molecule has 0 aliphatic heterocycles. The largest absolute Gasteiger partial charge is 0.455 e. The number of rotatable bonds is 6. The molecule has 0 aliphatic rings. The van der Waals surface area contributed by atoms with Crippen LogP contribution in [0.5, 0.6) is 0 Å². The van der Waals surface area contributed by atoms with Gasteiger partial charge in [-0.25, -0.2) is 9.37 Å². The molecular formula is C57H34FN5O. The number of nitrogens with zero attached hydrogens (tertiary/aromatic N) is 5. The molecule has 0 bridgehead atoms. The molecule has 6 nitrogen and oxygen atoms in total. The zero-order valence-corrected chi connectivity index (χ0v) is 34.2. The number of benzene rings is 9. The smallest absolute Gasteiger partial charge is 0.238 e. The molecule has 0 saturated carbocycles. The molecule has 0 atom stereocenters. The van der Waals surface area contributed by atoms with Crippen LogP contribution >= 0.6 is 0 Å². The first kappa shape index (κ1) is 36.0. The topological polar surface area (TPSA) is 61.7 Å². The Balaban J connectivity index is 1.15. The number of para-hydroxylation sites is 3. The molecule has 9 aromatic carbocycles. The molecule has 4 aromatic heterocycles. The van der Waals surface area contributed by atoms with E-state index in [1.807, 2.05) is 66.7 Å². The second-order valence-corrected chi connectivity index (χ2v) is 16.1. The van der Waals surface area contributed by atoms with Gasteiger partial charge in [0.05, 0.1) is 22.1 Å². The zero-order chi connectivity index (χ0) is 42.3. The lowest BCUT2D eigenvalue weighted by Crippen LogP contribution is -2.07. The van der Waals surface area contributed by atoms with Crippen molar-refractivity contribution < 1.29 is 8.81 Å². The summed E-state index contributed by atoms with van der Waals surface area (Å²) in [5.41, 5.74) is 12.1. The van der Waals surface area contributed by atoms with E-state index in [1.165, 1.54) is 12.1 Å². The van der Waals surface area contributed by atoms with E-state index >= 15 is 0 Å². The minimum atomic E-state index is -0.292. The lowest BCUT2D eigenvalue weighted by Gasteiger charge is -2.14. The number of furan rings is 1. The normalized spacial score (nSPS) is 11.8. The van der Waals surface area contributed by atoms with Gasteiger partial charge in [-0.1, -0.05) is 158 Å². The predicted octanol–water partition coefficient (Wildman–Crippen LogP) is 14.8. The monoisotopic (exact) mass is 823 g/mol. The summed E-state index contributed by atoms with van der Waals surface area (Å²) in [6, 6.07) is 69.5. The molecular weight excluding hydrogens is 790 g/mol. The Kier molecular flexibility index (Phi) is 7.99. The summed E-state index contributed by atoms with van der Waals surface area (Å²) >= 11 is 0. The van der Waals surface area contributed by atoms with Gasteiger partial charge in [0.2, 0.25) is 5.95 Å². The highest BCUT2D eigenvalue weighted by molar-refractivity contribution is 6.24. The highest BCUT2D eigenvalue weighted by Gasteiger charge is 2.25. The maximum absolute atomic E-state index is 14.4. The van der Waals surface area contributed by atoms with Crippen molar-refractivity contribution in [3.8, 4) is 56.7 Å². The lowest BCUT2D eigenvalue weighted by atomic mass is 10.0. The van der Waals surface area contributed by atoms with Crippen molar-refractivity contribution in [3.63, 3.8) is 0 Å². The van der Waals surface area contributed by atoms with Crippen LogP contribution in [0.3, 0.4) is 0 Å². The summed E-state index contributed by atoms with van der Waals surface area (Å²) in [5, 5.41) is 6.31. The number of aromatic nitrogens is 5. The van der Waals surface area contributed by atoms with Crippen LogP contribution in [0.4, 0.5) is 4.39 Å². The van der Waals surface area contributed by atoms with Crippen molar-refractivity contribution in [2.24, 2.45) is 0 Å². The van der Waals surface area contributed by atoms with Gasteiger partial charge >= 0.3 is 0 Å². The number of halogens is 1. The molecule has 0 saturated heterocycles. The first-order valence-corrected chi connectivity index (χ1v) is 21.3. The first-order chi connectivity index (χ1) is 31.6. The van der Waals surface area contributed by atoms with Crippen molar-refractivity contribution in [1.29, 1.82) is 0 Å². The fourth-order valence-corrected chi connectivity index (χ4v) is 9.54. The van der Waals surface area contributed by atoms with Gasteiger partial charge in [0.25, 0.3) is 0 Å². The van der Waals surface area contributed by atoms with Crippen LogP contribution in [0, 0.1) is 5.82 Å². The second-order valence-electron chi connectivity index (χ2n) is 16.1. The van der Waals surface area contributed by atoms with Gasteiger partial charge < -0.3 is 8.98 Å². The van der Waals surface area contributed by atoms with Gasteiger partial charge in [0.15, 0.2) is 11.6 Å². The average molecular weight is 824 g/mol. The minimum absolute atomic E-state index is 0.292. The van der Waals surface area contributed by atoms with Gasteiger partial charge in [-0.15, -0.1) is 0 Å². The predicted molar refractivity (Wildman–Crippen MR) is 257 cm³/mol. The van der Waals surface area contributed by atoms with Crippen LogP contribution in [-0.2, 0) is 0 Å². The summed E-state index contributed by atoms with van der Waals surface area (Å²) in [5.74, 6) is 1.36. The van der Waals surface area contributed by atoms with Gasteiger partial charge in [-0.2, -0.15) is 9.97 Å².